The van der Waals surface area contributed by atoms with Gasteiger partial charge in [-0.3, -0.25) is 9.59 Å². The van der Waals surface area contributed by atoms with E-state index in [2.05, 4.69) is 5.32 Å². The second kappa shape index (κ2) is 8.56. The fourth-order valence-electron chi connectivity index (χ4n) is 3.44. The largest absolute Gasteiger partial charge is 0.351 e. The van der Waals surface area contributed by atoms with Gasteiger partial charge < -0.3 is 10.2 Å². The monoisotopic (exact) mass is 346 g/mol. The van der Waals surface area contributed by atoms with Crippen molar-refractivity contribution in [2.45, 2.75) is 50.2 Å². The van der Waals surface area contributed by atoms with Crippen molar-refractivity contribution in [1.29, 1.82) is 0 Å². The molecule has 24 heavy (non-hydrogen) atoms. The van der Waals surface area contributed by atoms with Gasteiger partial charge in [0, 0.05) is 41.8 Å². The summed E-state index contributed by atoms with van der Waals surface area (Å²) < 4.78 is 0. The number of thioether (sulfide) groups is 1. The number of nitrogens with one attached hydrogen (secondary N) is 1. The van der Waals surface area contributed by atoms with Crippen LogP contribution in [0.5, 0.6) is 0 Å². The zero-order chi connectivity index (χ0) is 16.8. The van der Waals surface area contributed by atoms with Crippen molar-refractivity contribution >= 4 is 29.3 Å². The molecule has 1 aromatic carbocycles. The van der Waals surface area contributed by atoms with Crippen LogP contribution in [0, 0.1) is 0 Å². The highest BCUT2D eigenvalue weighted by atomic mass is 32.2. The Balaban J connectivity index is 1.42. The van der Waals surface area contributed by atoms with E-state index in [0.29, 0.717) is 18.5 Å². The highest BCUT2D eigenvalue weighted by Crippen LogP contribution is 2.27. The fourth-order valence-corrected chi connectivity index (χ4v) is 4.66. The molecule has 0 bridgehead atoms. The molecule has 1 heterocycles. The maximum Gasteiger partial charge on any atom is 0.251 e. The Hall–Kier alpha value is -1.49. The van der Waals surface area contributed by atoms with Gasteiger partial charge in [0.05, 0.1) is 0 Å². The lowest BCUT2D eigenvalue weighted by molar-refractivity contribution is -0.117. The predicted molar refractivity (Wildman–Crippen MR) is 99.7 cm³/mol. The standard InChI is InChI=1S/C19H26N2O2S/c22-18-7-4-13-21(18)16-10-8-15(9-11-16)19(23)20-12-14-24-17-5-2-1-3-6-17/h8-11,17H,1-7,12-14H2,(H,20,23). The van der Waals surface area contributed by atoms with Gasteiger partial charge in [0.1, 0.15) is 0 Å². The molecule has 0 atom stereocenters. The first kappa shape index (κ1) is 17.3. The van der Waals surface area contributed by atoms with Crippen LogP contribution in [0.15, 0.2) is 24.3 Å². The van der Waals surface area contributed by atoms with Gasteiger partial charge in [-0.2, -0.15) is 11.8 Å². The zero-order valence-electron chi connectivity index (χ0n) is 14.1. The number of benzene rings is 1. The van der Waals surface area contributed by atoms with Crippen LogP contribution in [0.25, 0.3) is 0 Å². The number of carbonyl (C=O) groups excluding carboxylic acids is 2. The van der Waals surface area contributed by atoms with Crippen molar-refractivity contribution in [1.82, 2.24) is 5.32 Å². The topological polar surface area (TPSA) is 49.4 Å². The molecule has 0 aromatic heterocycles. The third kappa shape index (κ3) is 4.53. The first-order valence-corrected chi connectivity index (χ1v) is 10.1. The Morgan fingerprint density at radius 3 is 2.54 bits per heavy atom. The van der Waals surface area contributed by atoms with Crippen LogP contribution < -0.4 is 10.2 Å². The summed E-state index contributed by atoms with van der Waals surface area (Å²) in [6.45, 7) is 1.50. The van der Waals surface area contributed by atoms with Gasteiger partial charge in [-0.05, 0) is 43.5 Å². The van der Waals surface area contributed by atoms with Gasteiger partial charge in [0.15, 0.2) is 0 Å². The van der Waals surface area contributed by atoms with E-state index in [1.165, 1.54) is 32.1 Å². The van der Waals surface area contributed by atoms with Gasteiger partial charge >= 0.3 is 0 Å². The molecule has 5 heteroatoms. The normalized spacial score (nSPS) is 18.8. The lowest BCUT2D eigenvalue weighted by atomic mass is 10.0. The van der Waals surface area contributed by atoms with E-state index in [9.17, 15) is 9.59 Å². The molecule has 1 aromatic rings. The number of rotatable bonds is 6. The third-order valence-electron chi connectivity index (χ3n) is 4.81. The minimum Gasteiger partial charge on any atom is -0.351 e. The maximum absolute atomic E-state index is 12.2. The van der Waals surface area contributed by atoms with Crippen LogP contribution in [-0.4, -0.2) is 35.9 Å². The van der Waals surface area contributed by atoms with Crippen molar-refractivity contribution in [3.63, 3.8) is 0 Å². The number of anilines is 1. The van der Waals surface area contributed by atoms with Crippen molar-refractivity contribution in [2.75, 3.05) is 23.7 Å². The number of carbonyl (C=O) groups is 2. The maximum atomic E-state index is 12.2. The van der Waals surface area contributed by atoms with Crippen LogP contribution in [0.1, 0.15) is 55.3 Å². The van der Waals surface area contributed by atoms with E-state index in [1.807, 2.05) is 36.0 Å². The average molecular weight is 346 g/mol. The molecule has 4 nitrogen and oxygen atoms in total. The Morgan fingerprint density at radius 1 is 1.12 bits per heavy atom. The summed E-state index contributed by atoms with van der Waals surface area (Å²) in [5.74, 6) is 1.13. The van der Waals surface area contributed by atoms with E-state index in [-0.39, 0.29) is 11.8 Å². The molecular weight excluding hydrogens is 320 g/mol. The predicted octanol–water partition coefficient (Wildman–Crippen LogP) is 3.61. The summed E-state index contributed by atoms with van der Waals surface area (Å²) in [5.41, 5.74) is 1.55. The fraction of sp³-hybridized carbons (Fsp3) is 0.579. The molecule has 2 aliphatic rings. The van der Waals surface area contributed by atoms with Gasteiger partial charge in [-0.25, -0.2) is 0 Å². The summed E-state index contributed by atoms with van der Waals surface area (Å²) in [7, 11) is 0. The summed E-state index contributed by atoms with van der Waals surface area (Å²) >= 11 is 2.00. The smallest absolute Gasteiger partial charge is 0.251 e. The Labute approximate surface area is 148 Å². The van der Waals surface area contributed by atoms with Crippen LogP contribution in [0.4, 0.5) is 5.69 Å². The summed E-state index contributed by atoms with van der Waals surface area (Å²) in [6, 6.07) is 7.36. The number of hydrogen-bond donors (Lipinski definition) is 1. The summed E-state index contributed by atoms with van der Waals surface area (Å²) in [5, 5.41) is 3.78. The Morgan fingerprint density at radius 2 is 1.88 bits per heavy atom. The first-order valence-electron chi connectivity index (χ1n) is 9.04. The van der Waals surface area contributed by atoms with E-state index in [0.717, 1.165) is 29.7 Å². The van der Waals surface area contributed by atoms with Crippen molar-refractivity contribution in [2.24, 2.45) is 0 Å². The van der Waals surface area contributed by atoms with E-state index >= 15 is 0 Å². The minimum atomic E-state index is -0.0291. The van der Waals surface area contributed by atoms with Crippen molar-refractivity contribution in [3.8, 4) is 0 Å². The number of nitrogens with zero attached hydrogens (tertiary/aromatic N) is 1. The second-order valence-corrected chi connectivity index (χ2v) is 7.99. The zero-order valence-corrected chi connectivity index (χ0v) is 14.9. The molecule has 2 fully saturated rings. The molecular formula is C19H26N2O2S. The molecule has 1 saturated heterocycles. The molecule has 3 rings (SSSR count). The van der Waals surface area contributed by atoms with Crippen LogP contribution in [0.2, 0.25) is 0 Å². The lowest BCUT2D eigenvalue weighted by Gasteiger charge is -2.20. The van der Waals surface area contributed by atoms with Gasteiger partial charge in [-0.1, -0.05) is 19.3 Å². The van der Waals surface area contributed by atoms with E-state index in [4.69, 9.17) is 0 Å². The van der Waals surface area contributed by atoms with Gasteiger partial charge in [0.25, 0.3) is 5.91 Å². The molecule has 1 saturated carbocycles. The molecule has 0 unspecified atom stereocenters. The second-order valence-electron chi connectivity index (χ2n) is 6.58. The lowest BCUT2D eigenvalue weighted by Crippen LogP contribution is -2.27. The third-order valence-corrected chi connectivity index (χ3v) is 6.19. The summed E-state index contributed by atoms with van der Waals surface area (Å²) in [6.07, 6.45) is 8.30. The molecule has 130 valence electrons. The van der Waals surface area contributed by atoms with E-state index in [1.54, 1.807) is 4.90 Å². The molecule has 1 aliphatic heterocycles. The van der Waals surface area contributed by atoms with Gasteiger partial charge in [-0.15, -0.1) is 0 Å². The van der Waals surface area contributed by atoms with Crippen molar-refractivity contribution < 1.29 is 9.59 Å². The number of amides is 2. The molecule has 1 aliphatic carbocycles. The minimum absolute atomic E-state index is 0.0291. The molecule has 1 N–H and O–H groups in total. The Bertz CT molecular complexity index is 567. The van der Waals surface area contributed by atoms with Crippen LogP contribution in [0.3, 0.4) is 0 Å². The van der Waals surface area contributed by atoms with Gasteiger partial charge in [0.2, 0.25) is 5.91 Å². The van der Waals surface area contributed by atoms with E-state index < -0.39 is 0 Å². The molecule has 2 amide bonds. The van der Waals surface area contributed by atoms with Crippen LogP contribution >= 0.6 is 11.8 Å². The highest BCUT2D eigenvalue weighted by molar-refractivity contribution is 7.99. The highest BCUT2D eigenvalue weighted by Gasteiger charge is 2.21. The Kier molecular flexibility index (Phi) is 6.18. The quantitative estimate of drug-likeness (QED) is 0.801. The average Bonchev–Trinajstić information content (AvgIpc) is 3.05. The first-order chi connectivity index (χ1) is 11.7. The van der Waals surface area contributed by atoms with Crippen molar-refractivity contribution in [3.05, 3.63) is 29.8 Å². The summed E-state index contributed by atoms with van der Waals surface area (Å²) in [4.78, 5) is 25.7. The SMILES string of the molecule is O=C(NCCSC1CCCCC1)c1ccc(N2CCCC2=O)cc1. The number of hydrogen-bond acceptors (Lipinski definition) is 3. The molecule has 0 radical (unpaired) electrons. The molecule has 0 spiro atoms. The van der Waals surface area contributed by atoms with Crippen LogP contribution in [-0.2, 0) is 4.79 Å².